The van der Waals surface area contributed by atoms with E-state index < -0.39 is 22.0 Å². The molecule has 0 aliphatic heterocycles. The van der Waals surface area contributed by atoms with Crippen LogP contribution in [0.5, 0.6) is 11.5 Å². The highest BCUT2D eigenvalue weighted by molar-refractivity contribution is 7.89. The molecular formula is C23H23ClN2O5S. The standard InChI is InChI=1S/C23H23ClN2O5S/c1-16(17-8-4-3-5-9-17)26-32(28,29)18-12-13-21(19(24)14-18)31-15-23(27)25-20-10-6-7-11-22(20)30-2/h3-14,16,26H,15H2,1-2H3,(H,25,27)/t16-/m0/s1. The minimum atomic E-state index is -3.81. The summed E-state index contributed by atoms with van der Waals surface area (Å²) < 4.78 is 38.7. The molecule has 0 unspecified atom stereocenters. The lowest BCUT2D eigenvalue weighted by atomic mass is 10.1. The zero-order valence-corrected chi connectivity index (χ0v) is 19.1. The van der Waals surface area contributed by atoms with Gasteiger partial charge in [-0.1, -0.05) is 54.1 Å². The summed E-state index contributed by atoms with van der Waals surface area (Å²) >= 11 is 6.21. The van der Waals surface area contributed by atoms with Crippen LogP contribution in [-0.2, 0) is 14.8 Å². The van der Waals surface area contributed by atoms with E-state index in [1.165, 1.54) is 25.3 Å². The molecule has 0 fully saturated rings. The van der Waals surface area contributed by atoms with E-state index in [1.807, 2.05) is 30.3 Å². The van der Waals surface area contributed by atoms with Crippen molar-refractivity contribution in [2.45, 2.75) is 17.9 Å². The Morgan fingerprint density at radius 2 is 1.69 bits per heavy atom. The second-order valence-corrected chi connectivity index (χ2v) is 9.00. The molecule has 9 heteroatoms. The molecule has 0 heterocycles. The number of benzene rings is 3. The molecule has 2 N–H and O–H groups in total. The second kappa shape index (κ2) is 10.5. The summed E-state index contributed by atoms with van der Waals surface area (Å²) in [5.74, 6) is 0.295. The Morgan fingerprint density at radius 1 is 1.00 bits per heavy atom. The van der Waals surface area contributed by atoms with E-state index in [4.69, 9.17) is 21.1 Å². The molecule has 7 nitrogen and oxygen atoms in total. The first kappa shape index (κ1) is 23.6. The van der Waals surface area contributed by atoms with Crippen LogP contribution in [-0.4, -0.2) is 28.0 Å². The van der Waals surface area contributed by atoms with Crippen molar-refractivity contribution in [1.82, 2.24) is 4.72 Å². The van der Waals surface area contributed by atoms with E-state index >= 15 is 0 Å². The third-order valence-electron chi connectivity index (χ3n) is 4.58. The number of rotatable bonds is 9. The van der Waals surface area contributed by atoms with Gasteiger partial charge in [0.1, 0.15) is 11.5 Å². The molecule has 0 bridgehead atoms. The number of hydrogen-bond donors (Lipinski definition) is 2. The number of carbonyl (C=O) groups is 1. The summed E-state index contributed by atoms with van der Waals surface area (Å²) in [6, 6.07) is 19.9. The van der Waals surface area contributed by atoms with Gasteiger partial charge in [0, 0.05) is 6.04 Å². The molecule has 0 radical (unpaired) electrons. The zero-order valence-electron chi connectivity index (χ0n) is 17.5. The van der Waals surface area contributed by atoms with Gasteiger partial charge in [0.15, 0.2) is 6.61 Å². The van der Waals surface area contributed by atoms with Crippen LogP contribution < -0.4 is 19.5 Å². The van der Waals surface area contributed by atoms with Crippen LogP contribution in [0.2, 0.25) is 5.02 Å². The smallest absolute Gasteiger partial charge is 0.262 e. The lowest BCUT2D eigenvalue weighted by Crippen LogP contribution is -2.27. The first-order valence-corrected chi connectivity index (χ1v) is 11.6. The number of amides is 1. The number of nitrogens with one attached hydrogen (secondary N) is 2. The molecule has 0 saturated carbocycles. The highest BCUT2D eigenvalue weighted by Gasteiger charge is 2.20. The van der Waals surface area contributed by atoms with Crippen LogP contribution in [0.1, 0.15) is 18.5 Å². The zero-order chi connectivity index (χ0) is 23.1. The Morgan fingerprint density at radius 3 is 2.38 bits per heavy atom. The Bertz CT molecular complexity index is 1190. The normalized spacial score (nSPS) is 12.1. The highest BCUT2D eigenvalue weighted by atomic mass is 35.5. The minimum absolute atomic E-state index is 0.00361. The Kier molecular flexibility index (Phi) is 7.74. The van der Waals surface area contributed by atoms with Crippen molar-refractivity contribution in [1.29, 1.82) is 0 Å². The van der Waals surface area contributed by atoms with Crippen LogP contribution >= 0.6 is 11.6 Å². The third kappa shape index (κ3) is 6.00. The molecule has 168 valence electrons. The van der Waals surface area contributed by atoms with Gasteiger partial charge in [-0.2, -0.15) is 0 Å². The first-order chi connectivity index (χ1) is 15.3. The number of anilines is 1. The monoisotopic (exact) mass is 474 g/mol. The molecule has 3 aromatic rings. The number of para-hydroxylation sites is 2. The van der Waals surface area contributed by atoms with E-state index in [9.17, 15) is 13.2 Å². The van der Waals surface area contributed by atoms with Crippen LogP contribution in [0.3, 0.4) is 0 Å². The fourth-order valence-corrected chi connectivity index (χ4v) is 4.51. The molecule has 3 rings (SSSR count). The van der Waals surface area contributed by atoms with E-state index in [0.717, 1.165) is 5.56 Å². The van der Waals surface area contributed by atoms with E-state index in [1.54, 1.807) is 31.2 Å². The summed E-state index contributed by atoms with van der Waals surface area (Å²) in [4.78, 5) is 12.2. The number of ether oxygens (including phenoxy) is 2. The second-order valence-electron chi connectivity index (χ2n) is 6.88. The maximum atomic E-state index is 12.7. The van der Waals surface area contributed by atoms with Crippen molar-refractivity contribution in [2.24, 2.45) is 0 Å². The summed E-state index contributed by atoms with van der Waals surface area (Å²) in [5, 5.41) is 2.76. The predicted octanol–water partition coefficient (Wildman–Crippen LogP) is 4.41. The molecular weight excluding hydrogens is 452 g/mol. The fourth-order valence-electron chi connectivity index (χ4n) is 2.95. The topological polar surface area (TPSA) is 93.7 Å². The van der Waals surface area contributed by atoms with E-state index in [2.05, 4.69) is 10.0 Å². The number of hydrogen-bond acceptors (Lipinski definition) is 5. The third-order valence-corrected chi connectivity index (χ3v) is 6.42. The van der Waals surface area contributed by atoms with Gasteiger partial charge in [0.05, 0.1) is 22.7 Å². The Balaban J connectivity index is 1.63. The Hall–Kier alpha value is -3.07. The average molecular weight is 475 g/mol. The molecule has 0 spiro atoms. The minimum Gasteiger partial charge on any atom is -0.495 e. The van der Waals surface area contributed by atoms with Crippen LogP contribution in [0.25, 0.3) is 0 Å². The highest BCUT2D eigenvalue weighted by Crippen LogP contribution is 2.28. The van der Waals surface area contributed by atoms with Gasteiger partial charge < -0.3 is 14.8 Å². The maximum absolute atomic E-state index is 12.7. The molecule has 0 aliphatic carbocycles. The first-order valence-electron chi connectivity index (χ1n) is 9.72. The van der Waals surface area contributed by atoms with Gasteiger partial charge in [-0.15, -0.1) is 0 Å². The van der Waals surface area contributed by atoms with E-state index in [-0.39, 0.29) is 22.3 Å². The summed E-state index contributed by atoms with van der Waals surface area (Å²) in [7, 11) is -2.30. The van der Waals surface area contributed by atoms with Gasteiger partial charge in [0.25, 0.3) is 5.91 Å². The molecule has 1 atom stereocenters. The quantitative estimate of drug-likeness (QED) is 0.479. The van der Waals surface area contributed by atoms with Crippen molar-refractivity contribution in [3.63, 3.8) is 0 Å². The summed E-state index contributed by atoms with van der Waals surface area (Å²) in [6.07, 6.45) is 0. The summed E-state index contributed by atoms with van der Waals surface area (Å²) in [6.45, 7) is 1.44. The van der Waals surface area contributed by atoms with Gasteiger partial charge in [0.2, 0.25) is 10.0 Å². The molecule has 3 aromatic carbocycles. The predicted molar refractivity (Wildman–Crippen MR) is 124 cm³/mol. The lowest BCUT2D eigenvalue weighted by Gasteiger charge is -2.15. The molecule has 1 amide bonds. The van der Waals surface area contributed by atoms with Crippen LogP contribution in [0, 0.1) is 0 Å². The summed E-state index contributed by atoms with van der Waals surface area (Å²) in [5.41, 5.74) is 1.35. The van der Waals surface area contributed by atoms with Gasteiger partial charge >= 0.3 is 0 Å². The Labute approximate surface area is 192 Å². The van der Waals surface area contributed by atoms with Crippen molar-refractivity contribution in [2.75, 3.05) is 19.0 Å². The number of sulfonamides is 1. The maximum Gasteiger partial charge on any atom is 0.262 e. The van der Waals surface area contributed by atoms with Crippen molar-refractivity contribution >= 4 is 33.2 Å². The molecule has 0 aliphatic rings. The van der Waals surface area contributed by atoms with Crippen LogP contribution in [0.15, 0.2) is 77.7 Å². The lowest BCUT2D eigenvalue weighted by molar-refractivity contribution is -0.118. The van der Waals surface area contributed by atoms with Crippen molar-refractivity contribution in [3.8, 4) is 11.5 Å². The van der Waals surface area contributed by atoms with Crippen molar-refractivity contribution < 1.29 is 22.7 Å². The number of methoxy groups -OCH3 is 1. The van der Waals surface area contributed by atoms with Crippen LogP contribution in [0.4, 0.5) is 5.69 Å². The average Bonchev–Trinajstić information content (AvgIpc) is 2.79. The SMILES string of the molecule is COc1ccccc1NC(=O)COc1ccc(S(=O)(=O)N[C@@H](C)c2ccccc2)cc1Cl. The molecule has 32 heavy (non-hydrogen) atoms. The number of halogens is 1. The van der Waals surface area contributed by atoms with E-state index in [0.29, 0.717) is 11.4 Å². The molecule has 0 saturated heterocycles. The van der Waals surface area contributed by atoms with Gasteiger partial charge in [-0.25, -0.2) is 13.1 Å². The fraction of sp³-hybridized carbons (Fsp3) is 0.174. The van der Waals surface area contributed by atoms with Crippen molar-refractivity contribution in [3.05, 3.63) is 83.4 Å². The molecule has 0 aromatic heterocycles. The van der Waals surface area contributed by atoms with Gasteiger partial charge in [-0.05, 0) is 42.8 Å². The number of carbonyl (C=O) groups excluding carboxylic acids is 1. The largest absolute Gasteiger partial charge is 0.495 e. The van der Waals surface area contributed by atoms with Gasteiger partial charge in [-0.3, -0.25) is 4.79 Å².